The van der Waals surface area contributed by atoms with Gasteiger partial charge in [0.05, 0.1) is 6.61 Å². The molecule has 2 heterocycles. The van der Waals surface area contributed by atoms with Gasteiger partial charge in [-0.3, -0.25) is 0 Å². The third-order valence-electron chi connectivity index (χ3n) is 3.97. The second-order valence-electron chi connectivity index (χ2n) is 5.38. The fraction of sp³-hybridized carbons (Fsp3) is 1.00. The van der Waals surface area contributed by atoms with E-state index in [9.17, 15) is 0 Å². The minimum atomic E-state index is 0. The average Bonchev–Trinajstić information content (AvgIpc) is 2.33. The topological polar surface area (TPSA) is 24.5 Å². The molecule has 4 heteroatoms. The molecule has 0 aliphatic carbocycles. The standard InChI is InChI=1S/C13H26N2O.ClH/c1-14-9-12-4-6-15(7-5-12)10-13-3-2-8-16-11-13;/h12-14H,2-11H2,1H3;1H. The SMILES string of the molecule is CNCC1CCN(CC2CCCOC2)CC1.Cl. The third kappa shape index (κ3) is 5.12. The zero-order valence-corrected chi connectivity index (χ0v) is 11.8. The number of piperidine rings is 1. The van der Waals surface area contributed by atoms with Gasteiger partial charge in [0, 0.05) is 13.2 Å². The minimum Gasteiger partial charge on any atom is -0.381 e. The maximum Gasteiger partial charge on any atom is 0.0506 e. The fourth-order valence-electron chi connectivity index (χ4n) is 2.98. The van der Waals surface area contributed by atoms with Gasteiger partial charge >= 0.3 is 0 Å². The van der Waals surface area contributed by atoms with Crippen molar-refractivity contribution in [3.05, 3.63) is 0 Å². The molecule has 0 bridgehead atoms. The van der Waals surface area contributed by atoms with Crippen molar-refractivity contribution in [2.24, 2.45) is 11.8 Å². The summed E-state index contributed by atoms with van der Waals surface area (Å²) in [6.07, 6.45) is 5.38. The van der Waals surface area contributed by atoms with Gasteiger partial charge in [0.2, 0.25) is 0 Å². The van der Waals surface area contributed by atoms with E-state index in [0.717, 1.165) is 25.0 Å². The summed E-state index contributed by atoms with van der Waals surface area (Å²) in [5.74, 6) is 1.71. The zero-order valence-electron chi connectivity index (χ0n) is 11.0. The maximum atomic E-state index is 5.55. The molecule has 0 aromatic carbocycles. The van der Waals surface area contributed by atoms with E-state index in [2.05, 4.69) is 17.3 Å². The molecule has 1 N–H and O–H groups in total. The largest absolute Gasteiger partial charge is 0.381 e. The lowest BCUT2D eigenvalue weighted by molar-refractivity contribution is 0.0327. The number of ether oxygens (including phenoxy) is 1. The molecule has 1 atom stereocenters. The summed E-state index contributed by atoms with van der Waals surface area (Å²) in [6.45, 7) is 7.04. The smallest absolute Gasteiger partial charge is 0.0506 e. The van der Waals surface area contributed by atoms with E-state index in [1.807, 2.05) is 0 Å². The number of nitrogens with zero attached hydrogens (tertiary/aromatic N) is 1. The molecule has 0 spiro atoms. The normalized spacial score (nSPS) is 27.7. The van der Waals surface area contributed by atoms with Gasteiger partial charge in [-0.25, -0.2) is 0 Å². The van der Waals surface area contributed by atoms with Gasteiger partial charge in [-0.15, -0.1) is 12.4 Å². The number of halogens is 1. The molecule has 3 nitrogen and oxygen atoms in total. The summed E-state index contributed by atoms with van der Waals surface area (Å²) >= 11 is 0. The fourth-order valence-corrected chi connectivity index (χ4v) is 2.98. The molecular weight excluding hydrogens is 236 g/mol. The van der Waals surface area contributed by atoms with E-state index in [0.29, 0.717) is 0 Å². The average molecular weight is 263 g/mol. The molecule has 2 saturated heterocycles. The molecule has 0 aromatic rings. The molecule has 0 amide bonds. The van der Waals surface area contributed by atoms with Crippen LogP contribution in [0.25, 0.3) is 0 Å². The molecule has 2 aliphatic heterocycles. The molecule has 102 valence electrons. The molecule has 0 aromatic heterocycles. The van der Waals surface area contributed by atoms with Crippen LogP contribution in [-0.2, 0) is 4.74 Å². The van der Waals surface area contributed by atoms with Gasteiger partial charge in [-0.2, -0.15) is 0 Å². The molecular formula is C13H27ClN2O. The monoisotopic (exact) mass is 262 g/mol. The number of rotatable bonds is 4. The predicted octanol–water partition coefficient (Wildman–Crippen LogP) is 1.77. The highest BCUT2D eigenvalue weighted by atomic mass is 35.5. The van der Waals surface area contributed by atoms with Crippen molar-refractivity contribution >= 4 is 12.4 Å². The van der Waals surface area contributed by atoms with Crippen LogP contribution in [0, 0.1) is 11.8 Å². The Morgan fingerprint density at radius 2 is 1.94 bits per heavy atom. The summed E-state index contributed by atoms with van der Waals surface area (Å²) in [4.78, 5) is 2.64. The molecule has 0 radical (unpaired) electrons. The Balaban J connectivity index is 0.00000144. The Morgan fingerprint density at radius 1 is 1.18 bits per heavy atom. The lowest BCUT2D eigenvalue weighted by Gasteiger charge is -2.35. The first-order valence-corrected chi connectivity index (χ1v) is 6.83. The summed E-state index contributed by atoms with van der Waals surface area (Å²) in [5, 5.41) is 3.30. The molecule has 1 unspecified atom stereocenters. The molecule has 0 saturated carbocycles. The zero-order chi connectivity index (χ0) is 11.2. The quantitative estimate of drug-likeness (QED) is 0.836. The van der Waals surface area contributed by atoms with Crippen LogP contribution in [-0.4, -0.2) is 51.3 Å². The molecule has 2 aliphatic rings. The van der Waals surface area contributed by atoms with Crippen LogP contribution in [0.15, 0.2) is 0 Å². The van der Waals surface area contributed by atoms with E-state index in [1.54, 1.807) is 0 Å². The van der Waals surface area contributed by atoms with E-state index < -0.39 is 0 Å². The van der Waals surface area contributed by atoms with E-state index in [-0.39, 0.29) is 12.4 Å². The molecule has 2 fully saturated rings. The molecule has 17 heavy (non-hydrogen) atoms. The Hall–Kier alpha value is 0.170. The van der Waals surface area contributed by atoms with Crippen molar-refractivity contribution < 1.29 is 4.74 Å². The van der Waals surface area contributed by atoms with Crippen LogP contribution in [0.3, 0.4) is 0 Å². The number of hydrogen-bond acceptors (Lipinski definition) is 3. The number of likely N-dealkylation sites (tertiary alicyclic amines) is 1. The van der Waals surface area contributed by atoms with Crippen LogP contribution in [0.1, 0.15) is 25.7 Å². The third-order valence-corrected chi connectivity index (χ3v) is 3.97. The number of nitrogens with one attached hydrogen (secondary N) is 1. The highest BCUT2D eigenvalue weighted by molar-refractivity contribution is 5.85. The van der Waals surface area contributed by atoms with Gasteiger partial charge in [0.15, 0.2) is 0 Å². The van der Waals surface area contributed by atoms with Crippen LogP contribution in [0.4, 0.5) is 0 Å². The Bertz CT molecular complexity index is 190. The first-order valence-electron chi connectivity index (χ1n) is 6.83. The second kappa shape index (κ2) is 8.30. The first kappa shape index (κ1) is 15.2. The predicted molar refractivity (Wildman–Crippen MR) is 73.9 cm³/mol. The molecule has 2 rings (SSSR count). The second-order valence-corrected chi connectivity index (χ2v) is 5.38. The maximum absolute atomic E-state index is 5.55. The summed E-state index contributed by atoms with van der Waals surface area (Å²) < 4.78 is 5.55. The summed E-state index contributed by atoms with van der Waals surface area (Å²) in [7, 11) is 2.06. The van der Waals surface area contributed by atoms with Crippen LogP contribution < -0.4 is 5.32 Å². The van der Waals surface area contributed by atoms with Gasteiger partial charge in [0.25, 0.3) is 0 Å². The Morgan fingerprint density at radius 3 is 2.53 bits per heavy atom. The summed E-state index contributed by atoms with van der Waals surface area (Å²) in [5.41, 5.74) is 0. The van der Waals surface area contributed by atoms with Crippen LogP contribution in [0.2, 0.25) is 0 Å². The van der Waals surface area contributed by atoms with Gasteiger partial charge in [-0.05, 0) is 64.2 Å². The minimum absolute atomic E-state index is 0. The van der Waals surface area contributed by atoms with Gasteiger partial charge < -0.3 is 15.0 Å². The van der Waals surface area contributed by atoms with E-state index in [1.165, 1.54) is 51.9 Å². The Kier molecular flexibility index (Phi) is 7.44. The van der Waals surface area contributed by atoms with E-state index >= 15 is 0 Å². The lowest BCUT2D eigenvalue weighted by atomic mass is 9.95. The van der Waals surface area contributed by atoms with Crippen molar-refractivity contribution in [2.75, 3.05) is 46.4 Å². The van der Waals surface area contributed by atoms with Crippen LogP contribution >= 0.6 is 12.4 Å². The van der Waals surface area contributed by atoms with Crippen molar-refractivity contribution in [2.45, 2.75) is 25.7 Å². The van der Waals surface area contributed by atoms with Gasteiger partial charge in [-0.1, -0.05) is 0 Å². The van der Waals surface area contributed by atoms with Crippen molar-refractivity contribution in [1.29, 1.82) is 0 Å². The number of hydrogen-bond donors (Lipinski definition) is 1. The highest BCUT2D eigenvalue weighted by Crippen LogP contribution is 2.20. The summed E-state index contributed by atoms with van der Waals surface area (Å²) in [6, 6.07) is 0. The van der Waals surface area contributed by atoms with Crippen molar-refractivity contribution in [3.63, 3.8) is 0 Å². The van der Waals surface area contributed by atoms with Crippen molar-refractivity contribution in [3.8, 4) is 0 Å². The first-order chi connectivity index (χ1) is 7.88. The lowest BCUT2D eigenvalue weighted by Crippen LogP contribution is -2.40. The Labute approximate surface area is 112 Å². The van der Waals surface area contributed by atoms with Crippen LogP contribution in [0.5, 0.6) is 0 Å². The van der Waals surface area contributed by atoms with Crippen molar-refractivity contribution in [1.82, 2.24) is 10.2 Å². The highest BCUT2D eigenvalue weighted by Gasteiger charge is 2.22. The van der Waals surface area contributed by atoms with E-state index in [4.69, 9.17) is 4.74 Å². The van der Waals surface area contributed by atoms with Gasteiger partial charge in [0.1, 0.15) is 0 Å².